The fourth-order valence-electron chi connectivity index (χ4n) is 6.92. The van der Waals surface area contributed by atoms with Gasteiger partial charge in [-0.3, -0.25) is 14.2 Å². The van der Waals surface area contributed by atoms with Crippen molar-refractivity contribution in [1.29, 1.82) is 0 Å². The number of allylic oxidation sites excluding steroid dienone is 1. The average molecular weight is 690 g/mol. The number of nitrogens with zero attached hydrogens (tertiary/aromatic N) is 3. The summed E-state index contributed by atoms with van der Waals surface area (Å²) >= 11 is 1.30. The van der Waals surface area contributed by atoms with Crippen molar-refractivity contribution >= 4 is 34.1 Å². The van der Waals surface area contributed by atoms with E-state index in [-0.39, 0.29) is 11.5 Å². The number of aryl methyl sites for hydroxylation is 3. The van der Waals surface area contributed by atoms with E-state index in [2.05, 4.69) is 32.9 Å². The molecule has 2 heterocycles. The van der Waals surface area contributed by atoms with Crippen LogP contribution in [0.3, 0.4) is 0 Å². The molecule has 1 atom stereocenters. The molecule has 258 valence electrons. The second kappa shape index (κ2) is 14.4. The van der Waals surface area contributed by atoms with Crippen LogP contribution in [0.1, 0.15) is 60.2 Å². The minimum Gasteiger partial charge on any atom is -0.496 e. The van der Waals surface area contributed by atoms with Gasteiger partial charge in [0.2, 0.25) is 0 Å². The molecular weight excluding hydrogens is 647 g/mol. The van der Waals surface area contributed by atoms with Crippen molar-refractivity contribution < 1.29 is 19.0 Å². The van der Waals surface area contributed by atoms with Crippen LogP contribution < -0.4 is 29.1 Å². The summed E-state index contributed by atoms with van der Waals surface area (Å²) in [7, 11) is 3.22. The lowest BCUT2D eigenvalue weighted by molar-refractivity contribution is -0.127. The highest BCUT2D eigenvalue weighted by atomic mass is 32.1. The Morgan fingerprint density at radius 2 is 1.58 bits per heavy atom. The van der Waals surface area contributed by atoms with Crippen LogP contribution in [0.5, 0.6) is 17.2 Å². The number of hydrogen-bond acceptors (Lipinski definition) is 7. The third-order valence-electron chi connectivity index (χ3n) is 9.42. The topological polar surface area (TPSA) is 82.4 Å². The van der Waals surface area contributed by atoms with Crippen LogP contribution in [0, 0.1) is 20.8 Å². The number of carbonyl (C=O) groups is 1. The van der Waals surface area contributed by atoms with Gasteiger partial charge in [0, 0.05) is 18.7 Å². The fraction of sp³-hybridized carbons (Fsp3) is 0.293. The highest BCUT2D eigenvalue weighted by molar-refractivity contribution is 7.07. The first-order valence-electron chi connectivity index (χ1n) is 16.8. The molecule has 50 heavy (non-hydrogen) atoms. The van der Waals surface area contributed by atoms with Crippen molar-refractivity contribution in [2.75, 3.05) is 27.3 Å². The monoisotopic (exact) mass is 689 g/mol. The van der Waals surface area contributed by atoms with Gasteiger partial charge in [-0.25, -0.2) is 4.99 Å². The van der Waals surface area contributed by atoms with Crippen LogP contribution in [0.4, 0.5) is 0 Å². The maximum absolute atomic E-state index is 14.5. The Bertz CT molecular complexity index is 2310. The number of methoxy groups -OCH3 is 2. The lowest BCUT2D eigenvalue weighted by atomic mass is 9.90. The Balaban J connectivity index is 1.47. The van der Waals surface area contributed by atoms with Crippen molar-refractivity contribution in [2.45, 2.75) is 54.2 Å². The number of fused-ring (bicyclic) bond motifs is 2. The first-order valence-corrected chi connectivity index (χ1v) is 17.7. The number of rotatable bonds is 10. The molecule has 0 bridgehead atoms. The lowest BCUT2D eigenvalue weighted by Gasteiger charge is -2.30. The molecule has 0 saturated heterocycles. The Morgan fingerprint density at radius 3 is 2.26 bits per heavy atom. The van der Waals surface area contributed by atoms with E-state index in [1.165, 1.54) is 28.0 Å². The number of hydrogen-bond donors (Lipinski definition) is 0. The Labute approximate surface area is 296 Å². The van der Waals surface area contributed by atoms with Gasteiger partial charge in [-0.05, 0) is 98.8 Å². The smallest absolute Gasteiger partial charge is 0.271 e. The molecule has 1 amide bonds. The molecule has 5 aromatic rings. The number of thiazole rings is 1. The van der Waals surface area contributed by atoms with Crippen molar-refractivity contribution in [1.82, 2.24) is 9.47 Å². The summed E-state index contributed by atoms with van der Waals surface area (Å²) in [5, 5.41) is 1.89. The summed E-state index contributed by atoms with van der Waals surface area (Å²) in [4.78, 5) is 35.9. The van der Waals surface area contributed by atoms with Crippen LogP contribution >= 0.6 is 11.3 Å². The van der Waals surface area contributed by atoms with E-state index in [1.807, 2.05) is 81.4 Å². The molecule has 0 spiro atoms. The number of aromatic nitrogens is 1. The predicted octanol–water partition coefficient (Wildman–Crippen LogP) is 6.78. The molecule has 1 aliphatic rings. The minimum atomic E-state index is -0.749. The predicted molar refractivity (Wildman–Crippen MR) is 200 cm³/mol. The third-order valence-corrected chi connectivity index (χ3v) is 10.4. The van der Waals surface area contributed by atoms with Gasteiger partial charge in [-0.15, -0.1) is 0 Å². The molecule has 0 saturated carbocycles. The SMILES string of the molecule is CCN(CC)C(=O)C1=C(C)N=c2s/c(=C/c3ccc(OCc4c(C)cc(C)cc4C)c(OC)c3)c(=O)n2[C@@H]1c1c(OC)ccc2ccccc12. The summed E-state index contributed by atoms with van der Waals surface area (Å²) in [6.45, 7) is 13.5. The molecule has 0 radical (unpaired) electrons. The average Bonchev–Trinajstić information content (AvgIpc) is 3.40. The van der Waals surface area contributed by atoms with Crippen LogP contribution in [0.15, 0.2) is 87.8 Å². The van der Waals surface area contributed by atoms with Crippen LogP contribution in [-0.4, -0.2) is 42.7 Å². The van der Waals surface area contributed by atoms with Gasteiger partial charge in [-0.2, -0.15) is 0 Å². The molecule has 6 rings (SSSR count). The first-order chi connectivity index (χ1) is 24.1. The summed E-state index contributed by atoms with van der Waals surface area (Å²) in [5.74, 6) is 1.63. The highest BCUT2D eigenvalue weighted by Crippen LogP contribution is 2.40. The second-order valence-corrected chi connectivity index (χ2v) is 13.5. The summed E-state index contributed by atoms with van der Waals surface area (Å²) < 4.78 is 20.0. The molecule has 4 aromatic carbocycles. The number of benzene rings is 4. The van der Waals surface area contributed by atoms with Gasteiger partial charge in [0.15, 0.2) is 16.3 Å². The normalized spacial score (nSPS) is 14.4. The zero-order chi connectivity index (χ0) is 35.7. The summed E-state index contributed by atoms with van der Waals surface area (Å²) in [6, 6.07) is 21.1. The summed E-state index contributed by atoms with van der Waals surface area (Å²) in [5.41, 5.74) is 7.07. The van der Waals surface area contributed by atoms with Gasteiger partial charge in [0.25, 0.3) is 11.5 Å². The maximum atomic E-state index is 14.5. The van der Waals surface area contributed by atoms with Crippen LogP contribution in [-0.2, 0) is 11.4 Å². The standard InChI is InChI=1S/C41H43N3O5S/c1-9-43(10-2)40(46)36-27(6)42-41-44(38(36)37-30-14-12-11-13-29(30)16-18-33(37)47-7)39(45)35(50-41)22-28-15-17-32(34(21-28)48-8)49-23-31-25(4)19-24(3)20-26(31)5/h11-22,38H,9-10,23H2,1-8H3/b35-22+/t38-/m0/s1. The van der Waals surface area contributed by atoms with Gasteiger partial charge < -0.3 is 19.1 Å². The summed E-state index contributed by atoms with van der Waals surface area (Å²) in [6.07, 6.45) is 1.84. The largest absolute Gasteiger partial charge is 0.496 e. The Morgan fingerprint density at radius 1 is 0.900 bits per heavy atom. The molecular formula is C41H43N3O5S. The van der Waals surface area contributed by atoms with E-state index in [1.54, 1.807) is 23.7 Å². The van der Waals surface area contributed by atoms with Gasteiger partial charge in [0.05, 0.1) is 30.0 Å². The third kappa shape index (κ3) is 6.33. The van der Waals surface area contributed by atoms with Gasteiger partial charge in [0.1, 0.15) is 18.4 Å². The van der Waals surface area contributed by atoms with E-state index in [4.69, 9.17) is 19.2 Å². The van der Waals surface area contributed by atoms with E-state index in [9.17, 15) is 9.59 Å². The molecule has 0 fully saturated rings. The molecule has 0 unspecified atom stereocenters. The number of carbonyl (C=O) groups excluding carboxylic acids is 1. The van der Waals surface area contributed by atoms with Crippen molar-refractivity contribution in [3.8, 4) is 17.2 Å². The van der Waals surface area contributed by atoms with E-state index in [0.29, 0.717) is 57.5 Å². The van der Waals surface area contributed by atoms with Gasteiger partial charge >= 0.3 is 0 Å². The highest BCUT2D eigenvalue weighted by Gasteiger charge is 2.36. The Hall–Kier alpha value is -5.15. The quantitative estimate of drug-likeness (QED) is 0.162. The number of ether oxygens (including phenoxy) is 3. The van der Waals surface area contributed by atoms with Gasteiger partial charge in [-0.1, -0.05) is 65.4 Å². The van der Waals surface area contributed by atoms with Crippen molar-refractivity contribution in [3.63, 3.8) is 0 Å². The molecule has 1 aromatic heterocycles. The van der Waals surface area contributed by atoms with E-state index in [0.717, 1.165) is 27.5 Å². The number of likely N-dealkylation sites (N-methyl/N-ethyl adjacent to an activating group) is 1. The first kappa shape index (κ1) is 34.7. The lowest BCUT2D eigenvalue weighted by Crippen LogP contribution is -2.43. The van der Waals surface area contributed by atoms with Crippen LogP contribution in [0.2, 0.25) is 0 Å². The van der Waals surface area contributed by atoms with Crippen molar-refractivity contribution in [2.24, 2.45) is 4.99 Å². The van der Waals surface area contributed by atoms with E-state index >= 15 is 0 Å². The number of amides is 1. The molecule has 8 nitrogen and oxygen atoms in total. The molecule has 0 N–H and O–H groups in total. The van der Waals surface area contributed by atoms with E-state index < -0.39 is 6.04 Å². The second-order valence-electron chi connectivity index (χ2n) is 12.5. The zero-order valence-electron chi connectivity index (χ0n) is 29.9. The molecule has 9 heteroatoms. The fourth-order valence-corrected chi connectivity index (χ4v) is 7.96. The zero-order valence-corrected chi connectivity index (χ0v) is 30.7. The minimum absolute atomic E-state index is 0.151. The Kier molecular flexibility index (Phi) is 9.97. The van der Waals surface area contributed by atoms with Crippen molar-refractivity contribution in [3.05, 3.63) is 131 Å². The maximum Gasteiger partial charge on any atom is 0.271 e. The molecule has 1 aliphatic heterocycles. The van der Waals surface area contributed by atoms with Crippen LogP contribution in [0.25, 0.3) is 16.8 Å². The molecule has 0 aliphatic carbocycles.